The van der Waals surface area contributed by atoms with Gasteiger partial charge in [0.05, 0.1) is 28.7 Å². The molecule has 0 aliphatic rings. The molecule has 1 aromatic heterocycles. The zero-order chi connectivity index (χ0) is 16.6. The molecule has 0 aliphatic heterocycles. The molecule has 2 N–H and O–H groups in total. The monoisotopic (exact) mass is 441 g/mol. The molecule has 8 heteroatoms. The van der Waals surface area contributed by atoms with Crippen LogP contribution in [-0.4, -0.2) is 18.0 Å². The topological polar surface area (TPSA) is 95.1 Å². The highest BCUT2D eigenvalue weighted by Gasteiger charge is 2.08. The van der Waals surface area contributed by atoms with E-state index in [1.807, 2.05) is 12.1 Å². The molecule has 0 saturated carbocycles. The lowest BCUT2D eigenvalue weighted by atomic mass is 10.2. The lowest BCUT2D eigenvalue weighted by molar-refractivity contribution is 0.597. The van der Waals surface area contributed by atoms with Crippen molar-refractivity contribution in [1.82, 2.24) is 9.55 Å². The summed E-state index contributed by atoms with van der Waals surface area (Å²) in [5.41, 5.74) is 1.30. The van der Waals surface area contributed by atoms with Gasteiger partial charge in [-0.25, -0.2) is 18.5 Å². The Bertz CT molecular complexity index is 1040. The maximum Gasteiger partial charge on any atom is 0.261 e. The smallest absolute Gasteiger partial charge is 0.261 e. The van der Waals surface area contributed by atoms with E-state index in [0.717, 1.165) is 9.13 Å². The molecule has 0 unspecified atom stereocenters. The zero-order valence-electron chi connectivity index (χ0n) is 11.8. The Balaban J connectivity index is 1.98. The average molecular weight is 441 g/mol. The number of aromatic nitrogens is 2. The van der Waals surface area contributed by atoms with E-state index in [0.29, 0.717) is 17.4 Å². The third kappa shape index (κ3) is 3.43. The van der Waals surface area contributed by atoms with Crippen molar-refractivity contribution in [2.24, 2.45) is 5.14 Å². The van der Waals surface area contributed by atoms with Crippen molar-refractivity contribution in [3.63, 3.8) is 0 Å². The largest absolute Gasteiger partial charge is 0.294 e. The Kier molecular flexibility index (Phi) is 4.21. The maximum absolute atomic E-state index is 12.5. The number of benzene rings is 2. The van der Waals surface area contributed by atoms with Crippen LogP contribution in [0.3, 0.4) is 0 Å². The van der Waals surface area contributed by atoms with Crippen molar-refractivity contribution in [2.75, 3.05) is 0 Å². The van der Waals surface area contributed by atoms with Crippen LogP contribution < -0.4 is 10.7 Å². The van der Waals surface area contributed by atoms with Gasteiger partial charge in [0, 0.05) is 3.57 Å². The van der Waals surface area contributed by atoms with Crippen molar-refractivity contribution in [3.8, 4) is 0 Å². The number of nitrogens with two attached hydrogens (primary N) is 1. The molecule has 0 bridgehead atoms. The predicted octanol–water partition coefficient (Wildman–Crippen LogP) is 1.70. The number of hydrogen-bond donors (Lipinski definition) is 1. The van der Waals surface area contributed by atoms with Crippen molar-refractivity contribution < 1.29 is 8.42 Å². The Morgan fingerprint density at radius 3 is 2.48 bits per heavy atom. The van der Waals surface area contributed by atoms with E-state index < -0.39 is 10.0 Å². The molecule has 0 aliphatic carbocycles. The van der Waals surface area contributed by atoms with Crippen LogP contribution >= 0.6 is 22.6 Å². The summed E-state index contributed by atoms with van der Waals surface area (Å²) in [4.78, 5) is 16.8. The van der Waals surface area contributed by atoms with E-state index in [1.54, 1.807) is 18.2 Å². The molecule has 1 heterocycles. The number of rotatable bonds is 3. The second-order valence-electron chi connectivity index (χ2n) is 5.03. The quantitative estimate of drug-likeness (QED) is 0.626. The molecule has 0 atom stereocenters. The third-order valence-electron chi connectivity index (χ3n) is 3.39. The van der Waals surface area contributed by atoms with Crippen LogP contribution in [0.4, 0.5) is 0 Å². The normalized spacial score (nSPS) is 11.7. The number of fused-ring (bicyclic) bond motifs is 1. The molecule has 3 rings (SSSR count). The first-order valence-corrected chi connectivity index (χ1v) is 9.23. The number of primary sulfonamides is 1. The molecular formula is C15H12IN3O3S. The number of hydrogen-bond acceptors (Lipinski definition) is 4. The average Bonchev–Trinajstić information content (AvgIpc) is 2.50. The third-order valence-corrected chi connectivity index (χ3v) is 4.99. The van der Waals surface area contributed by atoms with E-state index >= 15 is 0 Å². The van der Waals surface area contributed by atoms with Gasteiger partial charge in [-0.1, -0.05) is 12.1 Å². The van der Waals surface area contributed by atoms with Crippen LogP contribution in [0.1, 0.15) is 5.56 Å². The molecule has 2 aromatic carbocycles. The zero-order valence-corrected chi connectivity index (χ0v) is 14.8. The first kappa shape index (κ1) is 16.1. The van der Waals surface area contributed by atoms with Gasteiger partial charge in [-0.2, -0.15) is 0 Å². The predicted molar refractivity (Wildman–Crippen MR) is 95.6 cm³/mol. The van der Waals surface area contributed by atoms with Gasteiger partial charge in [-0.15, -0.1) is 0 Å². The van der Waals surface area contributed by atoms with E-state index in [2.05, 4.69) is 27.6 Å². The highest BCUT2D eigenvalue weighted by atomic mass is 127. The Morgan fingerprint density at radius 2 is 1.83 bits per heavy atom. The van der Waals surface area contributed by atoms with Gasteiger partial charge in [0.15, 0.2) is 0 Å². The van der Waals surface area contributed by atoms with Crippen molar-refractivity contribution in [1.29, 1.82) is 0 Å². The minimum absolute atomic E-state index is 0.0415. The highest BCUT2D eigenvalue weighted by molar-refractivity contribution is 14.1. The summed E-state index contributed by atoms with van der Waals surface area (Å²) < 4.78 is 24.9. The SMILES string of the molecule is NS(=O)(=O)c1ccc(Cn2cnc3ccc(I)cc3c2=O)cc1. The molecule has 3 aromatic rings. The van der Waals surface area contributed by atoms with Gasteiger partial charge in [0.25, 0.3) is 5.56 Å². The Hall–Kier alpha value is -1.78. The highest BCUT2D eigenvalue weighted by Crippen LogP contribution is 2.13. The van der Waals surface area contributed by atoms with Crippen molar-refractivity contribution in [3.05, 3.63) is 68.3 Å². The van der Waals surface area contributed by atoms with E-state index in [1.165, 1.54) is 23.0 Å². The fourth-order valence-electron chi connectivity index (χ4n) is 2.23. The minimum Gasteiger partial charge on any atom is -0.294 e. The summed E-state index contributed by atoms with van der Waals surface area (Å²) >= 11 is 2.15. The van der Waals surface area contributed by atoms with Crippen LogP contribution in [0.15, 0.2) is 58.5 Å². The Labute approximate surface area is 146 Å². The molecule has 0 radical (unpaired) electrons. The van der Waals surface area contributed by atoms with E-state index in [9.17, 15) is 13.2 Å². The van der Waals surface area contributed by atoms with Gasteiger partial charge >= 0.3 is 0 Å². The summed E-state index contributed by atoms with van der Waals surface area (Å²) in [6.45, 7) is 0.304. The lowest BCUT2D eigenvalue weighted by Crippen LogP contribution is -2.21. The van der Waals surface area contributed by atoms with Gasteiger partial charge in [-0.3, -0.25) is 9.36 Å². The summed E-state index contributed by atoms with van der Waals surface area (Å²) in [6, 6.07) is 11.6. The fraction of sp³-hybridized carbons (Fsp3) is 0.0667. The first-order valence-electron chi connectivity index (χ1n) is 6.61. The van der Waals surface area contributed by atoms with Crippen LogP contribution in [-0.2, 0) is 16.6 Å². The molecule has 0 amide bonds. The second kappa shape index (κ2) is 6.02. The van der Waals surface area contributed by atoms with Gasteiger partial charge in [-0.05, 0) is 58.5 Å². The molecule has 23 heavy (non-hydrogen) atoms. The second-order valence-corrected chi connectivity index (χ2v) is 7.84. The molecule has 0 fully saturated rings. The molecule has 0 spiro atoms. The summed E-state index contributed by atoms with van der Waals surface area (Å²) in [5, 5.41) is 5.62. The van der Waals surface area contributed by atoms with Gasteiger partial charge in [0.2, 0.25) is 10.0 Å². The first-order chi connectivity index (χ1) is 10.8. The summed E-state index contributed by atoms with van der Waals surface area (Å²) in [6.07, 6.45) is 1.49. The summed E-state index contributed by atoms with van der Waals surface area (Å²) in [7, 11) is -3.72. The molecule has 6 nitrogen and oxygen atoms in total. The van der Waals surface area contributed by atoms with Crippen molar-refractivity contribution >= 4 is 43.5 Å². The fourth-order valence-corrected chi connectivity index (χ4v) is 3.23. The van der Waals surface area contributed by atoms with Gasteiger partial charge in [0.1, 0.15) is 0 Å². The summed E-state index contributed by atoms with van der Waals surface area (Å²) in [5.74, 6) is 0. The molecule has 118 valence electrons. The van der Waals surface area contributed by atoms with Crippen LogP contribution in [0.25, 0.3) is 10.9 Å². The lowest BCUT2D eigenvalue weighted by Gasteiger charge is -2.07. The van der Waals surface area contributed by atoms with Crippen LogP contribution in [0.2, 0.25) is 0 Å². The van der Waals surface area contributed by atoms with Crippen molar-refractivity contribution in [2.45, 2.75) is 11.4 Å². The van der Waals surface area contributed by atoms with E-state index in [4.69, 9.17) is 5.14 Å². The minimum atomic E-state index is -3.72. The Morgan fingerprint density at radius 1 is 1.13 bits per heavy atom. The molecular weight excluding hydrogens is 429 g/mol. The van der Waals surface area contributed by atoms with Gasteiger partial charge < -0.3 is 0 Å². The molecule has 0 saturated heterocycles. The number of nitrogens with zero attached hydrogens (tertiary/aromatic N) is 2. The maximum atomic E-state index is 12.5. The number of halogens is 1. The van der Waals surface area contributed by atoms with Crippen LogP contribution in [0.5, 0.6) is 0 Å². The van der Waals surface area contributed by atoms with E-state index in [-0.39, 0.29) is 10.5 Å². The standard InChI is InChI=1S/C15H12IN3O3S/c16-11-3-6-14-13(7-11)15(20)19(9-18-14)8-10-1-4-12(5-2-10)23(17,21)22/h1-7,9H,8H2,(H2,17,21,22). The van der Waals surface area contributed by atoms with Crippen LogP contribution in [0, 0.1) is 3.57 Å². The number of sulfonamides is 1.